The first-order valence-electron chi connectivity index (χ1n) is 9.50. The highest BCUT2D eigenvalue weighted by Crippen LogP contribution is 2.26. The number of thiazole rings is 1. The monoisotopic (exact) mass is 455 g/mol. The quantitative estimate of drug-likeness (QED) is 0.368. The van der Waals surface area contributed by atoms with Gasteiger partial charge in [0.1, 0.15) is 0 Å². The molecule has 9 heteroatoms. The molecule has 1 amide bonds. The first-order valence-corrected chi connectivity index (χ1v) is 11.6. The molecule has 4 rings (SSSR count). The minimum Gasteiger partial charge on any atom is -0.302 e. The number of aryl methyl sites for hydroxylation is 2. The second-order valence-electron chi connectivity index (χ2n) is 6.97. The number of rotatable bonds is 7. The maximum atomic E-state index is 12.5. The van der Waals surface area contributed by atoms with Crippen LogP contribution in [-0.2, 0) is 17.8 Å². The molecule has 0 aliphatic carbocycles. The van der Waals surface area contributed by atoms with Crippen molar-refractivity contribution in [2.24, 2.45) is 0 Å². The zero-order valence-corrected chi connectivity index (χ0v) is 19.1. The van der Waals surface area contributed by atoms with Gasteiger partial charge < -0.3 is 5.32 Å². The Labute approximate surface area is 187 Å². The topological polar surface area (TPSA) is 75.6 Å². The number of aromatic amines is 1. The van der Waals surface area contributed by atoms with Crippen LogP contribution < -0.4 is 5.32 Å². The molecule has 1 aromatic carbocycles. The Kier molecular flexibility index (Phi) is 6.21. The Morgan fingerprint density at radius 3 is 2.77 bits per heavy atom. The average Bonchev–Trinajstić information content (AvgIpc) is 3.43. The number of carbonyl (C=O) groups is 1. The largest absolute Gasteiger partial charge is 0.302 e. The lowest BCUT2D eigenvalue weighted by Gasteiger charge is -2.05. The summed E-state index contributed by atoms with van der Waals surface area (Å²) in [6.45, 7) is 4.51. The molecule has 0 aliphatic heterocycles. The van der Waals surface area contributed by atoms with Gasteiger partial charge in [0.25, 0.3) is 0 Å². The number of benzene rings is 1. The molecular weight excluding hydrogens is 434 g/mol. The van der Waals surface area contributed by atoms with Gasteiger partial charge in [-0.15, -0.1) is 22.7 Å². The molecule has 0 saturated carbocycles. The van der Waals surface area contributed by atoms with E-state index in [9.17, 15) is 4.79 Å². The van der Waals surface area contributed by atoms with E-state index >= 15 is 0 Å². The van der Waals surface area contributed by atoms with Crippen LogP contribution in [0, 0.1) is 18.6 Å². The lowest BCUT2D eigenvalue weighted by molar-refractivity contribution is -0.116. The van der Waals surface area contributed by atoms with Crippen LogP contribution in [0.15, 0.2) is 41.8 Å². The van der Waals surface area contributed by atoms with E-state index in [-0.39, 0.29) is 12.3 Å². The van der Waals surface area contributed by atoms with Crippen molar-refractivity contribution in [1.82, 2.24) is 19.7 Å². The highest BCUT2D eigenvalue weighted by atomic mass is 32.1. The van der Waals surface area contributed by atoms with Gasteiger partial charge >= 0.3 is 0 Å². The number of hydrogen-bond donors (Lipinski definition) is 2. The van der Waals surface area contributed by atoms with Gasteiger partial charge in [-0.3, -0.25) is 14.5 Å². The Hall–Kier alpha value is -2.62. The Morgan fingerprint density at radius 2 is 2.03 bits per heavy atom. The summed E-state index contributed by atoms with van der Waals surface area (Å²) >= 11 is 8.44. The average molecular weight is 456 g/mol. The molecule has 4 aromatic rings. The maximum absolute atomic E-state index is 12.5. The molecule has 6 nitrogen and oxygen atoms in total. The summed E-state index contributed by atoms with van der Waals surface area (Å²) in [6.07, 6.45) is 1.10. The van der Waals surface area contributed by atoms with Crippen molar-refractivity contribution in [3.8, 4) is 10.7 Å². The number of nitrogens with one attached hydrogen (secondary N) is 2. The third-order valence-corrected chi connectivity index (χ3v) is 6.94. The fourth-order valence-corrected chi connectivity index (χ4v) is 5.01. The van der Waals surface area contributed by atoms with Crippen LogP contribution in [0.4, 0.5) is 5.13 Å². The smallest absolute Gasteiger partial charge is 0.227 e. The second-order valence-corrected chi connectivity index (χ2v) is 9.39. The molecule has 3 heterocycles. The van der Waals surface area contributed by atoms with Crippen molar-refractivity contribution in [3.05, 3.63) is 68.2 Å². The van der Waals surface area contributed by atoms with Crippen LogP contribution in [0.1, 0.15) is 28.1 Å². The number of carbonyl (C=O) groups excluding carboxylic acids is 1. The standard InChI is InChI=1S/C21H21N5OS3/c1-13-5-7-15(8-6-13)12-17-14(2)22-20(30-17)23-18(27)9-10-26-19(24-25-21(26)28)16-4-3-11-29-16/h3-8,11H,9-10,12H2,1-2H3,(H,25,28)(H,22,23,27). The minimum atomic E-state index is -0.0918. The van der Waals surface area contributed by atoms with Crippen molar-refractivity contribution < 1.29 is 4.79 Å². The van der Waals surface area contributed by atoms with Crippen molar-refractivity contribution in [2.45, 2.75) is 33.2 Å². The fourth-order valence-electron chi connectivity index (χ4n) is 3.05. The van der Waals surface area contributed by atoms with Gasteiger partial charge in [-0.25, -0.2) is 4.98 Å². The second kappa shape index (κ2) is 9.03. The van der Waals surface area contributed by atoms with Gasteiger partial charge in [0, 0.05) is 24.3 Å². The van der Waals surface area contributed by atoms with Gasteiger partial charge in [0.2, 0.25) is 5.91 Å². The Balaban J connectivity index is 1.39. The van der Waals surface area contributed by atoms with Crippen LogP contribution in [0.3, 0.4) is 0 Å². The molecule has 154 valence electrons. The lowest BCUT2D eigenvalue weighted by Crippen LogP contribution is -2.14. The highest BCUT2D eigenvalue weighted by Gasteiger charge is 2.14. The van der Waals surface area contributed by atoms with Gasteiger partial charge in [-0.05, 0) is 43.1 Å². The normalized spacial score (nSPS) is 11.0. The Morgan fingerprint density at radius 1 is 1.23 bits per heavy atom. The summed E-state index contributed by atoms with van der Waals surface area (Å²) in [5.74, 6) is 0.666. The van der Waals surface area contributed by atoms with E-state index in [1.807, 2.05) is 29.0 Å². The number of H-pyrrole nitrogens is 1. The Bertz CT molecular complexity index is 1200. The van der Waals surface area contributed by atoms with E-state index in [0.717, 1.165) is 27.7 Å². The van der Waals surface area contributed by atoms with Gasteiger partial charge in [0.15, 0.2) is 15.7 Å². The summed E-state index contributed by atoms with van der Waals surface area (Å²) in [5.41, 5.74) is 3.43. The van der Waals surface area contributed by atoms with E-state index in [1.165, 1.54) is 22.5 Å². The molecular formula is C21H21N5OS3. The SMILES string of the molecule is Cc1ccc(Cc2sc(NC(=O)CCn3c(-c4cccs4)n[nH]c3=S)nc2C)cc1. The number of thiophene rings is 1. The van der Waals surface area contributed by atoms with Crippen LogP contribution in [0.2, 0.25) is 0 Å². The predicted molar refractivity (Wildman–Crippen MR) is 125 cm³/mol. The molecule has 0 spiro atoms. The van der Waals surface area contributed by atoms with Crippen molar-refractivity contribution in [2.75, 3.05) is 5.32 Å². The molecule has 0 fully saturated rings. The molecule has 0 aliphatic rings. The first-order chi connectivity index (χ1) is 14.5. The molecule has 0 unspecified atom stereocenters. The van der Waals surface area contributed by atoms with Crippen molar-refractivity contribution in [1.29, 1.82) is 0 Å². The first kappa shape index (κ1) is 20.6. The molecule has 0 radical (unpaired) electrons. The van der Waals surface area contributed by atoms with Crippen LogP contribution in [0.5, 0.6) is 0 Å². The summed E-state index contributed by atoms with van der Waals surface area (Å²) in [6, 6.07) is 12.4. The number of hydrogen-bond acceptors (Lipinski definition) is 6. The van der Waals surface area contributed by atoms with Gasteiger partial charge in [-0.2, -0.15) is 5.10 Å². The fraction of sp³-hybridized carbons (Fsp3) is 0.238. The van der Waals surface area contributed by atoms with Crippen LogP contribution in [-0.4, -0.2) is 25.7 Å². The van der Waals surface area contributed by atoms with Crippen molar-refractivity contribution in [3.63, 3.8) is 0 Å². The van der Waals surface area contributed by atoms with Crippen LogP contribution in [0.25, 0.3) is 10.7 Å². The summed E-state index contributed by atoms with van der Waals surface area (Å²) in [5, 5.41) is 12.7. The molecule has 0 bridgehead atoms. The zero-order chi connectivity index (χ0) is 21.1. The van der Waals surface area contributed by atoms with Crippen molar-refractivity contribution >= 4 is 45.9 Å². The lowest BCUT2D eigenvalue weighted by atomic mass is 10.1. The third-order valence-electron chi connectivity index (χ3n) is 4.69. The molecule has 30 heavy (non-hydrogen) atoms. The molecule has 0 saturated heterocycles. The van der Waals surface area contributed by atoms with E-state index in [2.05, 4.69) is 51.7 Å². The summed E-state index contributed by atoms with van der Waals surface area (Å²) in [4.78, 5) is 19.2. The van der Waals surface area contributed by atoms with Crippen LogP contribution >= 0.6 is 34.9 Å². The van der Waals surface area contributed by atoms with E-state index in [1.54, 1.807) is 11.3 Å². The molecule has 3 aromatic heterocycles. The minimum absolute atomic E-state index is 0.0918. The molecule has 0 atom stereocenters. The third kappa shape index (κ3) is 4.75. The van der Waals surface area contributed by atoms with E-state index < -0.39 is 0 Å². The maximum Gasteiger partial charge on any atom is 0.227 e. The highest BCUT2D eigenvalue weighted by molar-refractivity contribution is 7.71. The van der Waals surface area contributed by atoms with Gasteiger partial charge in [0.05, 0.1) is 10.6 Å². The number of nitrogens with zero attached hydrogens (tertiary/aromatic N) is 3. The number of aromatic nitrogens is 4. The summed E-state index contributed by atoms with van der Waals surface area (Å²) < 4.78 is 2.37. The molecule has 2 N–H and O–H groups in total. The predicted octanol–water partition coefficient (Wildman–Crippen LogP) is 5.36. The van der Waals surface area contributed by atoms with E-state index in [0.29, 0.717) is 16.4 Å². The van der Waals surface area contributed by atoms with E-state index in [4.69, 9.17) is 12.2 Å². The van der Waals surface area contributed by atoms with Gasteiger partial charge in [-0.1, -0.05) is 35.9 Å². The number of amides is 1. The number of anilines is 1. The summed E-state index contributed by atoms with van der Waals surface area (Å²) in [7, 11) is 0. The zero-order valence-electron chi connectivity index (χ0n) is 16.6.